The molecule has 6 nitrogen and oxygen atoms in total. The summed E-state index contributed by atoms with van der Waals surface area (Å²) in [5.41, 5.74) is 1.12. The highest BCUT2D eigenvalue weighted by molar-refractivity contribution is 7.13. The van der Waals surface area contributed by atoms with Crippen LogP contribution in [0.3, 0.4) is 0 Å². The zero-order chi connectivity index (χ0) is 16.0. The van der Waals surface area contributed by atoms with Crippen LogP contribution in [0.25, 0.3) is 0 Å². The monoisotopic (exact) mass is 332 g/mol. The van der Waals surface area contributed by atoms with Gasteiger partial charge in [-0.1, -0.05) is 0 Å². The van der Waals surface area contributed by atoms with Crippen molar-refractivity contribution in [3.63, 3.8) is 0 Å². The van der Waals surface area contributed by atoms with E-state index in [4.69, 9.17) is 0 Å². The molecule has 0 bridgehead atoms. The molecular weight excluding hydrogens is 308 g/mol. The number of piperazine rings is 1. The fourth-order valence-corrected chi connectivity index (χ4v) is 4.28. The Balaban J connectivity index is 1.40. The number of aromatic nitrogens is 4. The highest BCUT2D eigenvalue weighted by Gasteiger charge is 2.30. The first-order chi connectivity index (χ1) is 11.1. The maximum atomic E-state index is 4.64. The Kier molecular flexibility index (Phi) is 3.85. The van der Waals surface area contributed by atoms with E-state index in [1.807, 2.05) is 0 Å². The molecule has 0 unspecified atom stereocenters. The fraction of sp³-hybridized carbons (Fsp3) is 0.688. The third-order valence-corrected chi connectivity index (χ3v) is 5.87. The average Bonchev–Trinajstić information content (AvgIpc) is 3.18. The van der Waals surface area contributed by atoms with Gasteiger partial charge in [0.25, 0.3) is 0 Å². The highest BCUT2D eigenvalue weighted by Crippen LogP contribution is 2.38. The smallest absolute Gasteiger partial charge is 0.185 e. The van der Waals surface area contributed by atoms with Crippen molar-refractivity contribution in [3.05, 3.63) is 22.7 Å². The third-order valence-electron chi connectivity index (χ3n) is 4.87. The summed E-state index contributed by atoms with van der Waals surface area (Å²) in [4.78, 5) is 9.56. The first-order valence-electron chi connectivity index (χ1n) is 8.41. The lowest BCUT2D eigenvalue weighted by Gasteiger charge is -2.39. The average molecular weight is 332 g/mol. The third kappa shape index (κ3) is 2.99. The molecule has 0 aromatic carbocycles. The van der Waals surface area contributed by atoms with Crippen molar-refractivity contribution in [2.45, 2.75) is 45.2 Å². The van der Waals surface area contributed by atoms with Gasteiger partial charge in [0.15, 0.2) is 5.13 Å². The van der Waals surface area contributed by atoms with E-state index in [0.29, 0.717) is 12.0 Å². The Bertz CT molecular complexity index is 689. The summed E-state index contributed by atoms with van der Waals surface area (Å²) in [6.07, 6.45) is 2.55. The van der Waals surface area contributed by atoms with Gasteiger partial charge in [0.2, 0.25) is 0 Å². The van der Waals surface area contributed by atoms with Crippen molar-refractivity contribution in [1.29, 1.82) is 0 Å². The second-order valence-corrected chi connectivity index (χ2v) is 7.69. The molecule has 2 aromatic rings. The van der Waals surface area contributed by atoms with E-state index >= 15 is 0 Å². The van der Waals surface area contributed by atoms with Crippen LogP contribution in [-0.2, 0) is 13.6 Å². The number of aryl methyl sites for hydroxylation is 1. The van der Waals surface area contributed by atoms with Crippen molar-refractivity contribution < 1.29 is 0 Å². The van der Waals surface area contributed by atoms with E-state index in [0.717, 1.165) is 42.8 Å². The van der Waals surface area contributed by atoms with Crippen LogP contribution in [0, 0.1) is 6.92 Å². The number of hydrogen-bond donors (Lipinski definition) is 0. The van der Waals surface area contributed by atoms with E-state index in [9.17, 15) is 0 Å². The van der Waals surface area contributed by atoms with Gasteiger partial charge < -0.3 is 9.47 Å². The molecule has 0 amide bonds. The predicted octanol–water partition coefficient (Wildman–Crippen LogP) is 2.17. The molecule has 1 aliphatic carbocycles. The quantitative estimate of drug-likeness (QED) is 0.859. The molecule has 2 aromatic heterocycles. The summed E-state index contributed by atoms with van der Waals surface area (Å²) in [6, 6.07) is 0.477. The molecule has 1 atom stereocenters. The van der Waals surface area contributed by atoms with E-state index in [1.165, 1.54) is 18.7 Å². The van der Waals surface area contributed by atoms with Gasteiger partial charge in [-0.3, -0.25) is 4.90 Å². The molecule has 2 aliphatic rings. The highest BCUT2D eigenvalue weighted by atomic mass is 32.1. The topological polar surface area (TPSA) is 50.1 Å². The van der Waals surface area contributed by atoms with Gasteiger partial charge in [-0.15, -0.1) is 21.5 Å². The second-order valence-electron chi connectivity index (χ2n) is 6.86. The van der Waals surface area contributed by atoms with Crippen molar-refractivity contribution in [2.75, 3.05) is 24.5 Å². The van der Waals surface area contributed by atoms with E-state index in [2.05, 4.69) is 55.8 Å². The van der Waals surface area contributed by atoms with E-state index < -0.39 is 0 Å². The first-order valence-corrected chi connectivity index (χ1v) is 9.29. The maximum Gasteiger partial charge on any atom is 0.185 e. The summed E-state index contributed by atoms with van der Waals surface area (Å²) < 4.78 is 2.21. The van der Waals surface area contributed by atoms with Crippen molar-refractivity contribution in [2.24, 2.45) is 7.05 Å². The van der Waals surface area contributed by atoms with Gasteiger partial charge in [0.05, 0.1) is 12.2 Å². The number of thiazole rings is 1. The van der Waals surface area contributed by atoms with Gasteiger partial charge in [-0.2, -0.15) is 0 Å². The van der Waals surface area contributed by atoms with Crippen LogP contribution in [0.15, 0.2) is 5.38 Å². The molecule has 3 heterocycles. The predicted molar refractivity (Wildman–Crippen MR) is 91.9 cm³/mol. The molecule has 124 valence electrons. The number of anilines is 1. The minimum Gasteiger partial charge on any atom is -0.343 e. The van der Waals surface area contributed by atoms with Crippen LogP contribution in [-0.4, -0.2) is 50.3 Å². The molecule has 1 saturated heterocycles. The standard InChI is InChI=1S/C16H24N6S/c1-11-10-23-16(17-11)22-7-6-21(8-12(22)2)9-14-18-19-15(20(14)3)13-4-5-13/h10,12-13H,4-9H2,1-3H3/t12-/m0/s1. The molecule has 0 radical (unpaired) electrons. The lowest BCUT2D eigenvalue weighted by molar-refractivity contribution is 0.214. The van der Waals surface area contributed by atoms with Crippen molar-refractivity contribution in [3.8, 4) is 0 Å². The lowest BCUT2D eigenvalue weighted by Crippen LogP contribution is -2.51. The number of rotatable bonds is 4. The molecule has 0 spiro atoms. The number of hydrogen-bond acceptors (Lipinski definition) is 6. The Labute approximate surface area is 141 Å². The van der Waals surface area contributed by atoms with Gasteiger partial charge in [0.1, 0.15) is 11.6 Å². The summed E-state index contributed by atoms with van der Waals surface area (Å²) in [5.74, 6) is 2.92. The molecule has 1 saturated carbocycles. The van der Waals surface area contributed by atoms with Crippen molar-refractivity contribution >= 4 is 16.5 Å². The van der Waals surface area contributed by atoms with Crippen molar-refractivity contribution in [1.82, 2.24) is 24.6 Å². The van der Waals surface area contributed by atoms with Gasteiger partial charge in [0, 0.05) is 44.0 Å². The normalized spacial score (nSPS) is 22.7. The molecular formula is C16H24N6S. The van der Waals surface area contributed by atoms with Crippen LogP contribution in [0.1, 0.15) is 43.0 Å². The Morgan fingerprint density at radius 2 is 2.09 bits per heavy atom. The molecule has 4 rings (SSSR count). The lowest BCUT2D eigenvalue weighted by atomic mass is 10.2. The molecule has 2 fully saturated rings. The van der Waals surface area contributed by atoms with Crippen LogP contribution < -0.4 is 4.90 Å². The molecule has 1 aliphatic heterocycles. The molecule has 7 heteroatoms. The van der Waals surface area contributed by atoms with Crippen LogP contribution >= 0.6 is 11.3 Å². The zero-order valence-corrected chi connectivity index (χ0v) is 14.9. The van der Waals surface area contributed by atoms with Gasteiger partial charge in [-0.25, -0.2) is 4.98 Å². The van der Waals surface area contributed by atoms with Crippen LogP contribution in [0.4, 0.5) is 5.13 Å². The SMILES string of the molecule is Cc1csc(N2CCN(Cc3nnc(C4CC4)n3C)C[C@@H]2C)n1. The van der Waals surface area contributed by atoms with Crippen LogP contribution in [0.5, 0.6) is 0 Å². The minimum absolute atomic E-state index is 0.477. The summed E-state index contributed by atoms with van der Waals surface area (Å²) in [5, 5.41) is 12.1. The first kappa shape index (κ1) is 15.1. The summed E-state index contributed by atoms with van der Waals surface area (Å²) in [7, 11) is 2.11. The zero-order valence-electron chi connectivity index (χ0n) is 14.1. The molecule has 0 N–H and O–H groups in total. The largest absolute Gasteiger partial charge is 0.343 e. The van der Waals surface area contributed by atoms with Gasteiger partial charge in [-0.05, 0) is 26.7 Å². The minimum atomic E-state index is 0.477. The fourth-order valence-electron chi connectivity index (χ4n) is 3.34. The Hall–Kier alpha value is -1.47. The maximum absolute atomic E-state index is 4.64. The summed E-state index contributed by atoms with van der Waals surface area (Å²) >= 11 is 1.75. The van der Waals surface area contributed by atoms with Gasteiger partial charge >= 0.3 is 0 Å². The van der Waals surface area contributed by atoms with E-state index in [1.54, 1.807) is 11.3 Å². The summed E-state index contributed by atoms with van der Waals surface area (Å²) in [6.45, 7) is 8.37. The molecule has 23 heavy (non-hydrogen) atoms. The van der Waals surface area contributed by atoms with E-state index in [-0.39, 0.29) is 0 Å². The Morgan fingerprint density at radius 1 is 1.26 bits per heavy atom. The Morgan fingerprint density at radius 3 is 2.74 bits per heavy atom. The second kappa shape index (κ2) is 5.87. The number of nitrogens with zero attached hydrogens (tertiary/aromatic N) is 6. The van der Waals surface area contributed by atoms with Crippen LogP contribution in [0.2, 0.25) is 0 Å².